The molecule has 0 spiro atoms. The molecule has 0 atom stereocenters. The fourth-order valence-electron chi connectivity index (χ4n) is 0.865. The molecule has 1 aromatic rings. The van der Waals surface area contributed by atoms with Gasteiger partial charge in [-0.25, -0.2) is 0 Å². The molecular formula is C11H13NS. The molecule has 0 heterocycles. The van der Waals surface area contributed by atoms with Crippen molar-refractivity contribution in [3.05, 3.63) is 47.4 Å². The molecule has 0 amide bonds. The van der Waals surface area contributed by atoms with Crippen molar-refractivity contribution in [3.63, 3.8) is 0 Å². The number of benzene rings is 1. The van der Waals surface area contributed by atoms with E-state index in [0.29, 0.717) is 5.04 Å². The molecule has 0 saturated carbocycles. The zero-order valence-corrected chi connectivity index (χ0v) is 8.53. The van der Waals surface area contributed by atoms with Crippen molar-refractivity contribution in [2.45, 2.75) is 13.3 Å². The molecule has 0 aromatic heterocycles. The van der Waals surface area contributed by atoms with Crippen molar-refractivity contribution in [2.24, 2.45) is 0 Å². The second-order valence-corrected chi connectivity index (χ2v) is 3.88. The Labute approximate surface area is 83.4 Å². The lowest BCUT2D eigenvalue weighted by Crippen LogP contribution is -1.92. The first-order valence-corrected chi connectivity index (χ1v) is 5.05. The van der Waals surface area contributed by atoms with Gasteiger partial charge in [0.1, 0.15) is 0 Å². The lowest BCUT2D eigenvalue weighted by atomic mass is 10.2. The Hall–Kier alpha value is -1.02. The highest BCUT2D eigenvalue weighted by Crippen LogP contribution is 2.21. The number of thioether (sulfide) groups is 1. The normalized spacial score (nSPS) is 9.62. The summed E-state index contributed by atoms with van der Waals surface area (Å²) in [5, 5.41) is 8.34. The lowest BCUT2D eigenvalue weighted by Gasteiger charge is -2.03. The zero-order chi connectivity index (χ0) is 9.68. The van der Waals surface area contributed by atoms with Gasteiger partial charge in [0.15, 0.2) is 0 Å². The highest BCUT2D eigenvalue weighted by atomic mass is 32.2. The van der Waals surface area contributed by atoms with Crippen LogP contribution in [0.15, 0.2) is 41.8 Å². The maximum Gasteiger partial charge on any atom is 0.0987 e. The summed E-state index contributed by atoms with van der Waals surface area (Å²) >= 11 is 1.44. The summed E-state index contributed by atoms with van der Waals surface area (Å²) in [4.78, 5) is 1.04. The standard InChI is InChI=1S/C11H13NS/c1-3-9(2)13-11(12)10-7-5-4-6-8-10/h4-8,12H,2-3H2,1H3. The van der Waals surface area contributed by atoms with Crippen LogP contribution < -0.4 is 0 Å². The molecule has 0 aliphatic rings. The van der Waals surface area contributed by atoms with Crippen molar-refractivity contribution in [1.29, 1.82) is 5.41 Å². The molecule has 2 heteroatoms. The van der Waals surface area contributed by atoms with Crippen molar-refractivity contribution >= 4 is 16.8 Å². The highest BCUT2D eigenvalue weighted by molar-refractivity contribution is 8.17. The topological polar surface area (TPSA) is 23.9 Å². The van der Waals surface area contributed by atoms with Gasteiger partial charge < -0.3 is 0 Å². The van der Waals surface area contributed by atoms with Gasteiger partial charge in [0, 0.05) is 5.56 Å². The smallest absolute Gasteiger partial charge is 0.0987 e. The third-order valence-corrected chi connectivity index (χ3v) is 2.69. The van der Waals surface area contributed by atoms with E-state index in [9.17, 15) is 0 Å². The summed E-state index contributed by atoms with van der Waals surface area (Å²) in [5.41, 5.74) is 0.960. The Kier molecular flexibility index (Phi) is 3.77. The van der Waals surface area contributed by atoms with Crippen LogP contribution >= 0.6 is 11.8 Å². The largest absolute Gasteiger partial charge is 0.293 e. The van der Waals surface area contributed by atoms with Gasteiger partial charge in [0.2, 0.25) is 0 Å². The molecule has 68 valence electrons. The first-order valence-electron chi connectivity index (χ1n) is 4.23. The molecule has 0 bridgehead atoms. The molecule has 0 radical (unpaired) electrons. The van der Waals surface area contributed by atoms with Gasteiger partial charge in [-0.05, 0) is 11.3 Å². The molecular weight excluding hydrogens is 178 g/mol. The van der Waals surface area contributed by atoms with Crippen LogP contribution in [-0.4, -0.2) is 5.04 Å². The lowest BCUT2D eigenvalue weighted by molar-refractivity contribution is 1.21. The Morgan fingerprint density at radius 1 is 1.38 bits per heavy atom. The van der Waals surface area contributed by atoms with E-state index in [4.69, 9.17) is 5.41 Å². The summed E-state index contributed by atoms with van der Waals surface area (Å²) in [7, 11) is 0. The first kappa shape index (κ1) is 10.1. The van der Waals surface area contributed by atoms with Crippen LogP contribution in [0.25, 0.3) is 0 Å². The summed E-state index contributed by atoms with van der Waals surface area (Å²) in [6.07, 6.45) is 0.917. The van der Waals surface area contributed by atoms with E-state index in [-0.39, 0.29) is 0 Å². The monoisotopic (exact) mass is 191 g/mol. The van der Waals surface area contributed by atoms with Gasteiger partial charge in [-0.2, -0.15) is 0 Å². The molecule has 1 rings (SSSR count). The van der Waals surface area contributed by atoms with Crippen LogP contribution in [0.3, 0.4) is 0 Å². The minimum absolute atomic E-state index is 0.576. The fraction of sp³-hybridized carbons (Fsp3) is 0.182. The van der Waals surface area contributed by atoms with E-state index < -0.39 is 0 Å². The van der Waals surface area contributed by atoms with Crippen LogP contribution in [-0.2, 0) is 0 Å². The van der Waals surface area contributed by atoms with E-state index in [1.807, 2.05) is 37.3 Å². The molecule has 0 unspecified atom stereocenters. The Morgan fingerprint density at radius 3 is 2.54 bits per heavy atom. The van der Waals surface area contributed by atoms with Gasteiger partial charge in [0.25, 0.3) is 0 Å². The minimum atomic E-state index is 0.576. The number of hydrogen-bond donors (Lipinski definition) is 1. The van der Waals surface area contributed by atoms with Crippen LogP contribution in [0.4, 0.5) is 0 Å². The summed E-state index contributed by atoms with van der Waals surface area (Å²) in [6.45, 7) is 5.91. The number of rotatable bonds is 3. The fourth-order valence-corrected chi connectivity index (χ4v) is 1.55. The average Bonchev–Trinajstić information content (AvgIpc) is 2.19. The Balaban J connectivity index is 2.65. The number of hydrogen-bond acceptors (Lipinski definition) is 2. The van der Waals surface area contributed by atoms with Crippen LogP contribution in [0.5, 0.6) is 0 Å². The second-order valence-electron chi connectivity index (χ2n) is 2.69. The predicted octanol–water partition coefficient (Wildman–Crippen LogP) is 3.67. The van der Waals surface area contributed by atoms with Crippen LogP contribution in [0, 0.1) is 5.41 Å². The van der Waals surface area contributed by atoms with Crippen LogP contribution in [0.1, 0.15) is 18.9 Å². The number of nitrogens with one attached hydrogen (secondary N) is 1. The Bertz CT molecular complexity index is 303. The van der Waals surface area contributed by atoms with E-state index in [2.05, 4.69) is 6.58 Å². The third-order valence-electron chi connectivity index (χ3n) is 1.68. The highest BCUT2D eigenvalue weighted by Gasteiger charge is 2.01. The summed E-state index contributed by atoms with van der Waals surface area (Å²) in [5.74, 6) is 0. The summed E-state index contributed by atoms with van der Waals surface area (Å²) in [6, 6.07) is 9.73. The van der Waals surface area contributed by atoms with E-state index >= 15 is 0 Å². The summed E-state index contributed by atoms with van der Waals surface area (Å²) < 4.78 is 0. The molecule has 0 aliphatic heterocycles. The SMILES string of the molecule is C=C(CC)SC(=N)c1ccccc1. The molecule has 13 heavy (non-hydrogen) atoms. The predicted molar refractivity (Wildman–Crippen MR) is 60.3 cm³/mol. The van der Waals surface area contributed by atoms with Gasteiger partial charge in [-0.3, -0.25) is 5.41 Å². The number of allylic oxidation sites excluding steroid dienone is 1. The molecule has 1 nitrogen and oxygen atoms in total. The molecule has 1 aromatic carbocycles. The maximum absolute atomic E-state index is 7.77. The van der Waals surface area contributed by atoms with Gasteiger partial charge in [-0.1, -0.05) is 55.6 Å². The average molecular weight is 191 g/mol. The van der Waals surface area contributed by atoms with Gasteiger partial charge in [-0.15, -0.1) is 0 Å². The van der Waals surface area contributed by atoms with Gasteiger partial charge >= 0.3 is 0 Å². The maximum atomic E-state index is 7.77. The second kappa shape index (κ2) is 4.87. The molecule has 0 aliphatic carbocycles. The minimum Gasteiger partial charge on any atom is -0.293 e. The third kappa shape index (κ3) is 3.07. The van der Waals surface area contributed by atoms with E-state index in [0.717, 1.165) is 16.9 Å². The quantitative estimate of drug-likeness (QED) is 0.572. The molecule has 1 N–H and O–H groups in total. The van der Waals surface area contributed by atoms with Crippen molar-refractivity contribution < 1.29 is 0 Å². The van der Waals surface area contributed by atoms with Crippen LogP contribution in [0.2, 0.25) is 0 Å². The molecule has 0 fully saturated rings. The van der Waals surface area contributed by atoms with Gasteiger partial charge in [0.05, 0.1) is 5.04 Å². The van der Waals surface area contributed by atoms with Crippen molar-refractivity contribution in [2.75, 3.05) is 0 Å². The van der Waals surface area contributed by atoms with Crippen molar-refractivity contribution in [3.8, 4) is 0 Å². The van der Waals surface area contributed by atoms with E-state index in [1.165, 1.54) is 11.8 Å². The van der Waals surface area contributed by atoms with Crippen molar-refractivity contribution in [1.82, 2.24) is 0 Å². The van der Waals surface area contributed by atoms with E-state index in [1.54, 1.807) is 0 Å². The first-order chi connectivity index (χ1) is 6.24. The zero-order valence-electron chi connectivity index (χ0n) is 7.71. The Morgan fingerprint density at radius 2 is 2.00 bits per heavy atom. The molecule has 0 saturated heterocycles.